The van der Waals surface area contributed by atoms with Crippen molar-refractivity contribution in [2.45, 2.75) is 57.9 Å². The minimum Gasteiger partial charge on any atom is -0.353 e. The van der Waals surface area contributed by atoms with E-state index < -0.39 is 0 Å². The maximum Gasteiger partial charge on any atom is 0.223 e. The fraction of sp³-hybridized carbons (Fsp3) is 0.706. The third-order valence-electron chi connectivity index (χ3n) is 5.29. The maximum atomic E-state index is 4.95. The van der Waals surface area contributed by atoms with Crippen LogP contribution in [-0.4, -0.2) is 45.7 Å². The minimum atomic E-state index is -0.219. The van der Waals surface area contributed by atoms with Crippen molar-refractivity contribution >= 4 is 34.5 Å². The standard InChI is InChI=1S/C17H26IN7/c1-10(12-4-5-12)20-15-22-16(21-11(2)13-6-7-13)24(3)17(23-15)25-9-14(18)8-19-25/h8-13,17H,4-7H2,1-3H3,(H2,20,21,22,23)/t10-,11-,17?/m1/s1. The Morgan fingerprint density at radius 3 is 2.60 bits per heavy atom. The normalized spacial score (nSPS) is 27.7. The molecule has 3 aliphatic rings. The molecule has 0 bridgehead atoms. The van der Waals surface area contributed by atoms with Crippen molar-refractivity contribution in [3.63, 3.8) is 0 Å². The highest BCUT2D eigenvalue weighted by Gasteiger charge is 2.33. The Bertz CT molecular complexity index is 689. The number of guanidine groups is 2. The van der Waals surface area contributed by atoms with Crippen molar-refractivity contribution in [2.75, 3.05) is 7.05 Å². The van der Waals surface area contributed by atoms with Crippen LogP contribution in [0.2, 0.25) is 0 Å². The lowest BCUT2D eigenvalue weighted by atomic mass is 10.2. The van der Waals surface area contributed by atoms with Crippen molar-refractivity contribution in [2.24, 2.45) is 21.8 Å². The van der Waals surface area contributed by atoms with Crippen molar-refractivity contribution in [1.29, 1.82) is 0 Å². The lowest BCUT2D eigenvalue weighted by Gasteiger charge is -2.35. The van der Waals surface area contributed by atoms with Gasteiger partial charge in [0.15, 0.2) is 0 Å². The second-order valence-corrected chi connectivity index (χ2v) is 8.75. The summed E-state index contributed by atoms with van der Waals surface area (Å²) in [4.78, 5) is 11.9. The first-order chi connectivity index (χ1) is 12.0. The molecule has 0 spiro atoms. The van der Waals surface area contributed by atoms with E-state index in [2.05, 4.69) is 57.1 Å². The molecule has 2 fully saturated rings. The second-order valence-electron chi connectivity index (χ2n) is 7.50. The molecule has 0 saturated heterocycles. The second kappa shape index (κ2) is 6.77. The van der Waals surface area contributed by atoms with Crippen LogP contribution >= 0.6 is 22.6 Å². The van der Waals surface area contributed by atoms with E-state index in [1.807, 2.05) is 24.1 Å². The Balaban J connectivity index is 1.59. The molecule has 1 unspecified atom stereocenters. The molecule has 4 rings (SSSR count). The average Bonchev–Trinajstić information content (AvgIpc) is 3.47. The Labute approximate surface area is 162 Å². The first-order valence-corrected chi connectivity index (χ1v) is 10.2. The van der Waals surface area contributed by atoms with E-state index >= 15 is 0 Å². The van der Waals surface area contributed by atoms with Crippen molar-refractivity contribution < 1.29 is 0 Å². The molecule has 1 aromatic heterocycles. The Morgan fingerprint density at radius 2 is 2.00 bits per heavy atom. The van der Waals surface area contributed by atoms with Gasteiger partial charge in [-0.05, 0) is 74.0 Å². The molecule has 2 N–H and O–H groups in total. The first kappa shape index (κ1) is 17.1. The van der Waals surface area contributed by atoms with Crippen LogP contribution in [0.3, 0.4) is 0 Å². The smallest absolute Gasteiger partial charge is 0.223 e. The van der Waals surface area contributed by atoms with E-state index in [9.17, 15) is 0 Å². The number of nitrogens with zero attached hydrogens (tertiary/aromatic N) is 5. The van der Waals surface area contributed by atoms with Crippen LogP contribution in [0.5, 0.6) is 0 Å². The van der Waals surface area contributed by atoms with Gasteiger partial charge in [0.25, 0.3) is 0 Å². The van der Waals surface area contributed by atoms with Crippen molar-refractivity contribution in [3.05, 3.63) is 16.0 Å². The molecule has 1 aliphatic heterocycles. The predicted molar refractivity (Wildman–Crippen MR) is 107 cm³/mol. The molecule has 2 aliphatic carbocycles. The number of nitrogens with one attached hydrogen (secondary N) is 2. The van der Waals surface area contributed by atoms with E-state index in [0.29, 0.717) is 12.1 Å². The Morgan fingerprint density at radius 1 is 1.28 bits per heavy atom. The number of aliphatic imine (C=N–C) groups is 2. The number of rotatable bonds is 5. The van der Waals surface area contributed by atoms with E-state index in [1.165, 1.54) is 25.7 Å². The van der Waals surface area contributed by atoms with Crippen LogP contribution in [0.4, 0.5) is 0 Å². The fourth-order valence-corrected chi connectivity index (χ4v) is 3.63. The molecular weight excluding hydrogens is 429 g/mol. The van der Waals surface area contributed by atoms with Gasteiger partial charge >= 0.3 is 0 Å². The molecule has 0 aromatic carbocycles. The summed E-state index contributed by atoms with van der Waals surface area (Å²) in [7, 11) is 2.02. The van der Waals surface area contributed by atoms with Crippen LogP contribution in [0, 0.1) is 15.4 Å². The molecule has 25 heavy (non-hydrogen) atoms. The zero-order valence-corrected chi connectivity index (χ0v) is 17.1. The molecule has 7 nitrogen and oxygen atoms in total. The number of hydrogen-bond acceptors (Lipinski definition) is 4. The van der Waals surface area contributed by atoms with Crippen molar-refractivity contribution in [1.82, 2.24) is 25.3 Å². The quantitative estimate of drug-likeness (QED) is 0.670. The van der Waals surface area contributed by atoms with E-state index in [1.54, 1.807) is 0 Å². The molecule has 3 atom stereocenters. The SMILES string of the molecule is C[C@@H](N=C1NC(N[C@H](C)C2CC2)=NC(n2cc(I)cn2)N1C)C1CC1. The van der Waals surface area contributed by atoms with Gasteiger partial charge in [-0.25, -0.2) is 14.7 Å². The van der Waals surface area contributed by atoms with E-state index in [-0.39, 0.29) is 6.29 Å². The molecular formula is C17H26IN7. The summed E-state index contributed by atoms with van der Waals surface area (Å²) in [5, 5.41) is 11.4. The van der Waals surface area contributed by atoms with Gasteiger partial charge in [0.2, 0.25) is 18.2 Å². The summed E-state index contributed by atoms with van der Waals surface area (Å²) < 4.78 is 2.99. The molecule has 1 aromatic rings. The largest absolute Gasteiger partial charge is 0.353 e. The zero-order chi connectivity index (χ0) is 17.6. The van der Waals surface area contributed by atoms with Gasteiger partial charge in [0, 0.05) is 19.3 Å². The van der Waals surface area contributed by atoms with Crippen LogP contribution < -0.4 is 10.6 Å². The highest BCUT2D eigenvalue weighted by Crippen LogP contribution is 2.34. The Kier molecular flexibility index (Phi) is 4.63. The number of aromatic nitrogens is 2. The summed E-state index contributed by atoms with van der Waals surface area (Å²) in [6.07, 6.45) is 8.85. The average molecular weight is 455 g/mol. The number of halogens is 1. The number of hydrogen-bond donors (Lipinski definition) is 2. The molecule has 2 heterocycles. The molecule has 2 saturated carbocycles. The summed E-state index contributed by atoms with van der Waals surface area (Å²) in [5.74, 6) is 3.16. The highest BCUT2D eigenvalue weighted by molar-refractivity contribution is 14.1. The van der Waals surface area contributed by atoms with Crippen LogP contribution in [0.25, 0.3) is 0 Å². The Hall–Kier alpha value is -1.32. The molecule has 0 amide bonds. The van der Waals surface area contributed by atoms with Crippen LogP contribution in [0.15, 0.2) is 22.4 Å². The van der Waals surface area contributed by atoms with Crippen LogP contribution in [-0.2, 0) is 0 Å². The lowest BCUT2D eigenvalue weighted by Crippen LogP contribution is -2.56. The topological polar surface area (TPSA) is 69.8 Å². The molecule has 8 heteroatoms. The van der Waals surface area contributed by atoms with Gasteiger partial charge in [-0.2, -0.15) is 5.10 Å². The summed E-state index contributed by atoms with van der Waals surface area (Å²) in [6, 6.07) is 0.763. The van der Waals surface area contributed by atoms with Crippen LogP contribution in [0.1, 0.15) is 45.8 Å². The van der Waals surface area contributed by atoms with Crippen molar-refractivity contribution in [3.8, 4) is 0 Å². The zero-order valence-electron chi connectivity index (χ0n) is 15.0. The predicted octanol–water partition coefficient (Wildman–Crippen LogP) is 2.38. The van der Waals surface area contributed by atoms with Gasteiger partial charge in [0.1, 0.15) is 0 Å². The van der Waals surface area contributed by atoms with Gasteiger partial charge < -0.3 is 10.2 Å². The lowest BCUT2D eigenvalue weighted by molar-refractivity contribution is 0.248. The van der Waals surface area contributed by atoms with E-state index in [4.69, 9.17) is 9.98 Å². The van der Waals surface area contributed by atoms with Gasteiger partial charge in [-0.15, -0.1) is 0 Å². The van der Waals surface area contributed by atoms with Gasteiger partial charge in [-0.3, -0.25) is 5.32 Å². The highest BCUT2D eigenvalue weighted by atomic mass is 127. The molecule has 136 valence electrons. The minimum absolute atomic E-state index is 0.219. The molecule has 0 radical (unpaired) electrons. The first-order valence-electron chi connectivity index (χ1n) is 9.13. The monoisotopic (exact) mass is 455 g/mol. The fourth-order valence-electron chi connectivity index (χ4n) is 3.22. The summed E-state index contributed by atoms with van der Waals surface area (Å²) in [6.45, 7) is 4.44. The van der Waals surface area contributed by atoms with E-state index in [0.717, 1.165) is 27.3 Å². The van der Waals surface area contributed by atoms with Gasteiger partial charge in [0.05, 0.1) is 15.8 Å². The maximum absolute atomic E-state index is 4.95. The summed E-state index contributed by atoms with van der Waals surface area (Å²) >= 11 is 2.28. The third-order valence-corrected chi connectivity index (χ3v) is 5.84. The van der Waals surface area contributed by atoms with Gasteiger partial charge in [-0.1, -0.05) is 0 Å². The third kappa shape index (κ3) is 3.93. The summed E-state index contributed by atoms with van der Waals surface area (Å²) in [5.41, 5.74) is 0.